The van der Waals surface area contributed by atoms with Crippen LogP contribution in [-0.4, -0.2) is 22.6 Å². The third kappa shape index (κ3) is 1.96. The third-order valence-electron chi connectivity index (χ3n) is 4.68. The molecule has 2 heterocycles. The van der Waals surface area contributed by atoms with E-state index in [1.165, 1.54) is 5.56 Å². The van der Waals surface area contributed by atoms with E-state index in [-0.39, 0.29) is 11.9 Å². The van der Waals surface area contributed by atoms with Crippen LogP contribution in [-0.2, 0) is 20.7 Å². The Morgan fingerprint density at radius 2 is 1.90 bits per heavy atom. The molecule has 2 saturated heterocycles. The number of hydrogen-bond donors (Lipinski definition) is 0. The van der Waals surface area contributed by atoms with Gasteiger partial charge in [0.25, 0.3) is 0 Å². The van der Waals surface area contributed by atoms with Gasteiger partial charge in [0.2, 0.25) is 5.78 Å². The molecular weight excluding hydrogens is 332 g/mol. The summed E-state index contributed by atoms with van der Waals surface area (Å²) in [7, 11) is 0. The zero-order valence-corrected chi connectivity index (χ0v) is 14.7. The standard InChI is InChI=1S/C17H21BrO3/c1-6-10-7-8-11(18)9-12(10)13-17(20-13)14(19)15(2,3)21-16(17,4)5/h7-9,13H,6H2,1-5H3. The number of carbonyl (C=O) groups excluding carboxylic acids is 1. The Kier molecular flexibility index (Phi) is 3.18. The maximum Gasteiger partial charge on any atom is 0.201 e. The predicted octanol–water partition coefficient (Wildman–Crippen LogP) is 3.98. The van der Waals surface area contributed by atoms with Gasteiger partial charge in [-0.15, -0.1) is 0 Å². The van der Waals surface area contributed by atoms with Crippen molar-refractivity contribution in [1.82, 2.24) is 0 Å². The van der Waals surface area contributed by atoms with Gasteiger partial charge in [-0.3, -0.25) is 4.79 Å². The van der Waals surface area contributed by atoms with Crippen LogP contribution in [0.25, 0.3) is 0 Å². The van der Waals surface area contributed by atoms with Crippen LogP contribution < -0.4 is 0 Å². The molecule has 0 aromatic heterocycles. The molecule has 1 aromatic carbocycles. The highest BCUT2D eigenvalue weighted by Crippen LogP contribution is 2.64. The Bertz CT molecular complexity index is 620. The number of aryl methyl sites for hydroxylation is 1. The van der Waals surface area contributed by atoms with Gasteiger partial charge in [0.1, 0.15) is 17.3 Å². The number of carbonyl (C=O) groups is 1. The Morgan fingerprint density at radius 1 is 1.24 bits per heavy atom. The first-order valence-corrected chi connectivity index (χ1v) is 8.16. The van der Waals surface area contributed by atoms with Crippen molar-refractivity contribution in [3.63, 3.8) is 0 Å². The van der Waals surface area contributed by atoms with Gasteiger partial charge >= 0.3 is 0 Å². The SMILES string of the molecule is CCc1ccc(Br)cc1C1OC12C(=O)C(C)(C)OC2(C)C. The number of rotatable bonds is 2. The van der Waals surface area contributed by atoms with E-state index < -0.39 is 16.8 Å². The van der Waals surface area contributed by atoms with E-state index >= 15 is 0 Å². The minimum atomic E-state index is -0.846. The molecule has 114 valence electrons. The molecule has 3 rings (SSSR count). The maximum atomic E-state index is 12.8. The molecule has 2 unspecified atom stereocenters. The van der Waals surface area contributed by atoms with E-state index in [9.17, 15) is 4.79 Å². The maximum absolute atomic E-state index is 12.8. The fourth-order valence-corrected chi connectivity index (χ4v) is 4.06. The van der Waals surface area contributed by atoms with E-state index in [0.717, 1.165) is 16.5 Å². The quantitative estimate of drug-likeness (QED) is 0.755. The summed E-state index contributed by atoms with van der Waals surface area (Å²) in [5, 5.41) is 0. The molecule has 2 aliphatic rings. The number of ketones is 1. The van der Waals surface area contributed by atoms with Crippen LogP contribution in [0.3, 0.4) is 0 Å². The van der Waals surface area contributed by atoms with Crippen LogP contribution in [0.4, 0.5) is 0 Å². The summed E-state index contributed by atoms with van der Waals surface area (Å²) in [6, 6.07) is 6.18. The molecule has 4 heteroatoms. The van der Waals surface area contributed by atoms with Gasteiger partial charge in [0.05, 0.1) is 0 Å². The normalized spacial score (nSPS) is 32.7. The molecule has 0 amide bonds. The van der Waals surface area contributed by atoms with E-state index in [1.807, 2.05) is 33.8 Å². The average molecular weight is 353 g/mol. The second kappa shape index (κ2) is 4.40. The van der Waals surface area contributed by atoms with Crippen molar-refractivity contribution in [1.29, 1.82) is 0 Å². The highest BCUT2D eigenvalue weighted by molar-refractivity contribution is 9.10. The molecule has 2 aliphatic heterocycles. The fraction of sp³-hybridized carbons (Fsp3) is 0.588. The van der Waals surface area contributed by atoms with Gasteiger partial charge < -0.3 is 9.47 Å². The fourth-order valence-electron chi connectivity index (χ4n) is 3.68. The number of Topliss-reactive ketones (excluding diaryl/α,β-unsaturated/α-hetero) is 1. The van der Waals surface area contributed by atoms with Crippen molar-refractivity contribution in [2.45, 2.75) is 63.9 Å². The molecule has 3 nitrogen and oxygen atoms in total. The first-order chi connectivity index (χ1) is 9.65. The molecule has 0 radical (unpaired) electrons. The zero-order valence-electron chi connectivity index (χ0n) is 13.1. The number of halogens is 1. The lowest BCUT2D eigenvalue weighted by Gasteiger charge is -2.24. The van der Waals surface area contributed by atoms with Crippen molar-refractivity contribution in [2.24, 2.45) is 0 Å². The summed E-state index contributed by atoms with van der Waals surface area (Å²) in [6.07, 6.45) is 0.700. The molecule has 0 aliphatic carbocycles. The topological polar surface area (TPSA) is 38.8 Å². The minimum Gasteiger partial charge on any atom is -0.358 e. The van der Waals surface area contributed by atoms with Gasteiger partial charge in [0, 0.05) is 4.47 Å². The smallest absolute Gasteiger partial charge is 0.201 e. The molecule has 0 bridgehead atoms. The Labute approximate surface area is 134 Å². The number of hydrogen-bond acceptors (Lipinski definition) is 3. The number of benzene rings is 1. The number of epoxide rings is 1. The van der Waals surface area contributed by atoms with Gasteiger partial charge in [-0.1, -0.05) is 28.9 Å². The molecule has 0 N–H and O–H groups in total. The third-order valence-corrected chi connectivity index (χ3v) is 5.17. The van der Waals surface area contributed by atoms with Crippen LogP contribution in [0.15, 0.2) is 22.7 Å². The largest absolute Gasteiger partial charge is 0.358 e. The summed E-state index contributed by atoms with van der Waals surface area (Å²) < 4.78 is 13.0. The summed E-state index contributed by atoms with van der Waals surface area (Å²) in [5.74, 6) is 0.0482. The van der Waals surface area contributed by atoms with Crippen molar-refractivity contribution in [3.05, 3.63) is 33.8 Å². The lowest BCUT2D eigenvalue weighted by molar-refractivity contribution is -0.132. The summed E-state index contributed by atoms with van der Waals surface area (Å²) >= 11 is 3.51. The highest BCUT2D eigenvalue weighted by atomic mass is 79.9. The predicted molar refractivity (Wildman–Crippen MR) is 84.3 cm³/mol. The van der Waals surface area contributed by atoms with Crippen LogP contribution in [0.1, 0.15) is 51.8 Å². The van der Waals surface area contributed by atoms with Gasteiger partial charge in [0.15, 0.2) is 5.60 Å². The minimum absolute atomic E-state index is 0.0482. The lowest BCUT2D eigenvalue weighted by Crippen LogP contribution is -2.41. The highest BCUT2D eigenvalue weighted by Gasteiger charge is 2.79. The Morgan fingerprint density at radius 3 is 2.43 bits per heavy atom. The average Bonchev–Trinajstić information content (AvgIpc) is 3.10. The lowest BCUT2D eigenvalue weighted by atomic mass is 9.80. The van der Waals surface area contributed by atoms with E-state index in [1.54, 1.807) is 0 Å². The Hall–Kier alpha value is -0.710. The monoisotopic (exact) mass is 352 g/mol. The Balaban J connectivity index is 2.06. The molecule has 2 atom stereocenters. The summed E-state index contributed by atoms with van der Waals surface area (Å²) in [6.45, 7) is 9.66. The van der Waals surface area contributed by atoms with Crippen molar-refractivity contribution < 1.29 is 14.3 Å². The van der Waals surface area contributed by atoms with Gasteiger partial charge in [-0.25, -0.2) is 0 Å². The molecular formula is C17H21BrO3. The first kappa shape index (κ1) is 15.2. The summed E-state index contributed by atoms with van der Waals surface area (Å²) in [5.41, 5.74) is 0.0478. The van der Waals surface area contributed by atoms with Crippen molar-refractivity contribution in [3.8, 4) is 0 Å². The summed E-state index contributed by atoms with van der Waals surface area (Å²) in [4.78, 5) is 12.8. The number of ether oxygens (including phenoxy) is 2. The second-order valence-electron chi connectivity index (χ2n) is 6.88. The van der Waals surface area contributed by atoms with Crippen LogP contribution >= 0.6 is 15.9 Å². The van der Waals surface area contributed by atoms with Crippen LogP contribution in [0, 0.1) is 0 Å². The van der Waals surface area contributed by atoms with Crippen LogP contribution in [0.2, 0.25) is 0 Å². The van der Waals surface area contributed by atoms with Crippen molar-refractivity contribution in [2.75, 3.05) is 0 Å². The molecule has 21 heavy (non-hydrogen) atoms. The van der Waals surface area contributed by atoms with E-state index in [4.69, 9.17) is 9.47 Å². The second-order valence-corrected chi connectivity index (χ2v) is 7.80. The van der Waals surface area contributed by atoms with E-state index in [0.29, 0.717) is 0 Å². The van der Waals surface area contributed by atoms with Gasteiger partial charge in [-0.2, -0.15) is 0 Å². The first-order valence-electron chi connectivity index (χ1n) is 7.37. The van der Waals surface area contributed by atoms with Crippen LogP contribution in [0.5, 0.6) is 0 Å². The van der Waals surface area contributed by atoms with E-state index in [2.05, 4.69) is 35.0 Å². The molecule has 1 spiro atoms. The van der Waals surface area contributed by atoms with Gasteiger partial charge in [-0.05, 0) is 57.4 Å². The molecule has 0 saturated carbocycles. The molecule has 2 fully saturated rings. The zero-order chi connectivity index (χ0) is 15.6. The van der Waals surface area contributed by atoms with Crippen molar-refractivity contribution >= 4 is 21.7 Å². The molecule has 1 aromatic rings.